The Hall–Kier alpha value is -3.10. The van der Waals surface area contributed by atoms with Crippen molar-refractivity contribution in [2.24, 2.45) is 5.92 Å². The lowest BCUT2D eigenvalue weighted by Crippen LogP contribution is -2.29. The van der Waals surface area contributed by atoms with Crippen LogP contribution in [-0.2, 0) is 16.1 Å². The molecule has 1 fully saturated rings. The monoisotopic (exact) mass is 445 g/mol. The number of rotatable bonds is 9. The van der Waals surface area contributed by atoms with Crippen LogP contribution in [0.2, 0.25) is 0 Å². The highest BCUT2D eigenvalue weighted by molar-refractivity contribution is 5.70. The van der Waals surface area contributed by atoms with E-state index in [0.29, 0.717) is 47.8 Å². The van der Waals surface area contributed by atoms with Crippen molar-refractivity contribution >= 4 is 12.1 Å². The molecule has 1 aliphatic rings. The van der Waals surface area contributed by atoms with Gasteiger partial charge in [-0.3, -0.25) is 4.79 Å². The predicted molar refractivity (Wildman–Crippen MR) is 116 cm³/mol. The van der Waals surface area contributed by atoms with Crippen LogP contribution in [0.4, 0.5) is 4.79 Å². The minimum absolute atomic E-state index is 0.0402. The van der Waals surface area contributed by atoms with Gasteiger partial charge in [-0.15, -0.1) is 0 Å². The number of hydrogen-bond donors (Lipinski definition) is 1. The number of amides is 1. The van der Waals surface area contributed by atoms with Crippen LogP contribution in [0, 0.1) is 12.8 Å². The molecule has 2 aromatic heterocycles. The van der Waals surface area contributed by atoms with Gasteiger partial charge in [0.15, 0.2) is 5.76 Å². The number of carboxylic acid groups (broad SMARTS) is 1. The lowest BCUT2D eigenvalue weighted by Gasteiger charge is -2.27. The van der Waals surface area contributed by atoms with Crippen molar-refractivity contribution in [1.29, 1.82) is 0 Å². The fraction of sp³-hybridized carbons (Fsp3) is 0.565. The van der Waals surface area contributed by atoms with Crippen molar-refractivity contribution in [1.82, 2.24) is 15.0 Å². The van der Waals surface area contributed by atoms with Crippen molar-refractivity contribution in [2.75, 3.05) is 13.6 Å². The molecule has 1 amide bonds. The topological polar surface area (TPSA) is 115 Å². The molecular weight excluding hydrogens is 414 g/mol. The molecule has 2 heterocycles. The first-order valence-corrected chi connectivity index (χ1v) is 11.1. The van der Waals surface area contributed by atoms with E-state index in [0.717, 1.165) is 25.7 Å². The maximum atomic E-state index is 12.2. The Morgan fingerprint density at radius 3 is 2.81 bits per heavy atom. The van der Waals surface area contributed by atoms with Gasteiger partial charge in [0, 0.05) is 13.6 Å². The van der Waals surface area contributed by atoms with Crippen molar-refractivity contribution in [2.45, 2.75) is 65.1 Å². The number of aliphatic carboxylic acids is 1. The third kappa shape index (κ3) is 5.99. The molecule has 2 aromatic rings. The Bertz CT molecular complexity index is 911. The summed E-state index contributed by atoms with van der Waals surface area (Å²) >= 11 is 0. The van der Waals surface area contributed by atoms with E-state index in [9.17, 15) is 14.7 Å². The summed E-state index contributed by atoms with van der Waals surface area (Å²) in [5, 5.41) is 13.2. The van der Waals surface area contributed by atoms with Gasteiger partial charge in [-0.1, -0.05) is 18.5 Å². The molecule has 1 saturated carbocycles. The van der Waals surface area contributed by atoms with Crippen LogP contribution < -0.4 is 4.74 Å². The number of ether oxygens (including phenoxy) is 2. The second-order valence-electron chi connectivity index (χ2n) is 8.23. The Kier molecular flexibility index (Phi) is 8.08. The summed E-state index contributed by atoms with van der Waals surface area (Å²) in [6, 6.07) is 3.53. The summed E-state index contributed by atoms with van der Waals surface area (Å²) in [7, 11) is 1.71. The van der Waals surface area contributed by atoms with Crippen LogP contribution in [0.25, 0.3) is 11.5 Å². The normalized spacial score (nSPS) is 18.2. The quantitative estimate of drug-likeness (QED) is 0.602. The van der Waals surface area contributed by atoms with E-state index < -0.39 is 12.1 Å². The van der Waals surface area contributed by atoms with E-state index in [4.69, 9.17) is 14.0 Å². The summed E-state index contributed by atoms with van der Waals surface area (Å²) in [6.07, 6.45) is 5.83. The maximum Gasteiger partial charge on any atom is 0.409 e. The molecule has 2 atom stereocenters. The Balaban J connectivity index is 1.62. The van der Waals surface area contributed by atoms with Gasteiger partial charge < -0.3 is 24.0 Å². The van der Waals surface area contributed by atoms with Gasteiger partial charge in [-0.25, -0.2) is 9.78 Å². The molecule has 32 heavy (non-hydrogen) atoms. The summed E-state index contributed by atoms with van der Waals surface area (Å²) in [6.45, 7) is 4.54. The molecule has 1 N–H and O–H groups in total. The number of pyridine rings is 1. The van der Waals surface area contributed by atoms with E-state index >= 15 is 0 Å². The lowest BCUT2D eigenvalue weighted by atomic mass is 9.87. The summed E-state index contributed by atoms with van der Waals surface area (Å²) < 4.78 is 16.8. The van der Waals surface area contributed by atoms with E-state index in [2.05, 4.69) is 17.1 Å². The number of carbonyl (C=O) groups excluding carboxylic acids is 1. The SMILES string of the molecule is CCCCN(C)C(=O)OCc1c(C)noc1-c1ccc(O[C@H]2CCC[C@H](C(=O)O)C2)cn1. The zero-order valence-electron chi connectivity index (χ0n) is 18.9. The minimum atomic E-state index is -0.766. The number of hydrogen-bond acceptors (Lipinski definition) is 7. The molecule has 9 nitrogen and oxygen atoms in total. The molecule has 9 heteroatoms. The Labute approximate surface area is 187 Å². The number of unbranched alkanes of at least 4 members (excludes halogenated alkanes) is 1. The van der Waals surface area contributed by atoms with Gasteiger partial charge in [0.05, 0.1) is 29.5 Å². The average Bonchev–Trinajstić information content (AvgIpc) is 3.16. The fourth-order valence-corrected chi connectivity index (χ4v) is 3.74. The van der Waals surface area contributed by atoms with Crippen molar-refractivity contribution in [3.8, 4) is 17.2 Å². The molecule has 0 radical (unpaired) electrons. The van der Waals surface area contributed by atoms with E-state index in [1.54, 1.807) is 37.2 Å². The molecule has 3 rings (SSSR count). The third-order valence-electron chi connectivity index (χ3n) is 5.73. The van der Waals surface area contributed by atoms with Crippen LogP contribution in [0.1, 0.15) is 56.7 Å². The minimum Gasteiger partial charge on any atom is -0.489 e. The molecular formula is C23H31N3O6. The molecule has 0 aromatic carbocycles. The predicted octanol–water partition coefficient (Wildman–Crippen LogP) is 4.44. The number of nitrogens with zero attached hydrogens (tertiary/aromatic N) is 3. The Morgan fingerprint density at radius 1 is 1.31 bits per heavy atom. The third-order valence-corrected chi connectivity index (χ3v) is 5.73. The second kappa shape index (κ2) is 11.0. The number of carbonyl (C=O) groups is 2. The molecule has 0 aliphatic heterocycles. The summed E-state index contributed by atoms with van der Waals surface area (Å²) in [5.41, 5.74) is 1.85. The number of aryl methyl sites for hydroxylation is 1. The first kappa shape index (κ1) is 23.6. The van der Waals surface area contributed by atoms with Gasteiger partial charge in [-0.05, 0) is 51.2 Å². The van der Waals surface area contributed by atoms with E-state index in [-0.39, 0.29) is 18.6 Å². The average molecular weight is 446 g/mol. The molecule has 0 unspecified atom stereocenters. The Morgan fingerprint density at radius 2 is 2.12 bits per heavy atom. The van der Waals surface area contributed by atoms with Gasteiger partial charge in [0.1, 0.15) is 18.1 Å². The van der Waals surface area contributed by atoms with Crippen molar-refractivity contribution in [3.05, 3.63) is 29.6 Å². The fourth-order valence-electron chi connectivity index (χ4n) is 3.74. The first-order chi connectivity index (χ1) is 15.4. The molecule has 0 spiro atoms. The first-order valence-electron chi connectivity index (χ1n) is 11.1. The zero-order valence-corrected chi connectivity index (χ0v) is 18.9. The summed E-state index contributed by atoms with van der Waals surface area (Å²) in [4.78, 5) is 29.4. The highest BCUT2D eigenvalue weighted by Gasteiger charge is 2.28. The molecule has 1 aliphatic carbocycles. The number of carboxylic acids is 1. The largest absolute Gasteiger partial charge is 0.489 e. The maximum absolute atomic E-state index is 12.2. The van der Waals surface area contributed by atoms with Crippen molar-refractivity contribution in [3.63, 3.8) is 0 Å². The van der Waals surface area contributed by atoms with Gasteiger partial charge >= 0.3 is 12.1 Å². The summed E-state index contributed by atoms with van der Waals surface area (Å²) in [5.74, 6) is -0.102. The van der Waals surface area contributed by atoms with Crippen LogP contribution in [0.15, 0.2) is 22.9 Å². The van der Waals surface area contributed by atoms with Crippen LogP contribution in [0.3, 0.4) is 0 Å². The smallest absolute Gasteiger partial charge is 0.409 e. The highest BCUT2D eigenvalue weighted by Crippen LogP contribution is 2.30. The van der Waals surface area contributed by atoms with Crippen LogP contribution in [-0.4, -0.2) is 51.9 Å². The van der Waals surface area contributed by atoms with Crippen LogP contribution in [0.5, 0.6) is 5.75 Å². The second-order valence-corrected chi connectivity index (χ2v) is 8.23. The standard InChI is InChI=1S/C23H31N3O6/c1-4-5-11-26(3)23(29)30-14-19-15(2)25-32-21(19)20-10-9-18(13-24-20)31-17-8-6-7-16(12-17)22(27)28/h9-10,13,16-17H,4-8,11-12,14H2,1-3H3,(H,27,28)/t16-,17-/m0/s1. The highest BCUT2D eigenvalue weighted by atomic mass is 16.6. The van der Waals surface area contributed by atoms with E-state index in [1.807, 2.05) is 0 Å². The molecule has 0 saturated heterocycles. The van der Waals surface area contributed by atoms with Gasteiger partial charge in [0.2, 0.25) is 0 Å². The van der Waals surface area contributed by atoms with Gasteiger partial charge in [-0.2, -0.15) is 0 Å². The number of aromatic nitrogens is 2. The van der Waals surface area contributed by atoms with E-state index in [1.165, 1.54) is 0 Å². The molecule has 174 valence electrons. The molecule has 0 bridgehead atoms. The zero-order chi connectivity index (χ0) is 23.1. The van der Waals surface area contributed by atoms with Crippen molar-refractivity contribution < 1.29 is 28.7 Å². The van der Waals surface area contributed by atoms with Gasteiger partial charge in [0.25, 0.3) is 0 Å². The van der Waals surface area contributed by atoms with Crippen LogP contribution >= 0.6 is 0 Å². The lowest BCUT2D eigenvalue weighted by molar-refractivity contribution is -0.143.